The van der Waals surface area contributed by atoms with E-state index < -0.39 is 10.1 Å². The standard InChI is InChI=1S/C12H24N2O4S/c1-5-12(15)13-11(2)7-9-14(3,4)8-6-10-19(16,17)18/h5,11H,1,6-10H2,2-4H3,(H-,13,15,16,17,18). The fourth-order valence-electron chi connectivity index (χ4n) is 1.70. The minimum atomic E-state index is -4.13. The third kappa shape index (κ3) is 10.7. The largest absolute Gasteiger partial charge is 0.748 e. The van der Waals surface area contributed by atoms with Crippen LogP contribution < -0.4 is 5.32 Å². The summed E-state index contributed by atoms with van der Waals surface area (Å²) in [4.78, 5) is 11.1. The van der Waals surface area contributed by atoms with Crippen LogP contribution in [0.25, 0.3) is 0 Å². The highest BCUT2D eigenvalue weighted by Crippen LogP contribution is 2.05. The normalized spacial score (nSPS) is 13.9. The number of hydrogen-bond donors (Lipinski definition) is 1. The molecule has 0 aromatic heterocycles. The molecule has 0 saturated heterocycles. The Hall–Kier alpha value is -0.920. The van der Waals surface area contributed by atoms with Gasteiger partial charge in [-0.05, 0) is 13.0 Å². The van der Waals surface area contributed by atoms with Crippen LogP contribution in [0.15, 0.2) is 12.7 Å². The topological polar surface area (TPSA) is 86.3 Å². The summed E-state index contributed by atoms with van der Waals surface area (Å²) in [5, 5.41) is 2.77. The van der Waals surface area contributed by atoms with Crippen LogP contribution >= 0.6 is 0 Å². The van der Waals surface area contributed by atoms with Crippen molar-refractivity contribution in [2.45, 2.75) is 25.8 Å². The Morgan fingerprint density at radius 3 is 2.47 bits per heavy atom. The van der Waals surface area contributed by atoms with E-state index in [1.807, 2.05) is 21.0 Å². The Labute approximate surface area is 115 Å². The first-order valence-corrected chi connectivity index (χ1v) is 7.82. The summed E-state index contributed by atoms with van der Waals surface area (Å²) in [6.45, 7) is 6.69. The second kappa shape index (κ2) is 7.62. The summed E-state index contributed by atoms with van der Waals surface area (Å²) in [7, 11) is -0.182. The molecule has 1 unspecified atom stereocenters. The van der Waals surface area contributed by atoms with E-state index in [4.69, 9.17) is 0 Å². The Bertz CT molecular complexity index is 404. The minimum absolute atomic E-state index is 0.0335. The van der Waals surface area contributed by atoms with Gasteiger partial charge in [0.1, 0.15) is 0 Å². The minimum Gasteiger partial charge on any atom is -0.748 e. The molecule has 0 radical (unpaired) electrons. The molecule has 6 nitrogen and oxygen atoms in total. The molecule has 0 spiro atoms. The van der Waals surface area contributed by atoms with E-state index >= 15 is 0 Å². The molecule has 112 valence electrons. The molecular weight excluding hydrogens is 268 g/mol. The van der Waals surface area contributed by atoms with Gasteiger partial charge in [0.25, 0.3) is 0 Å². The summed E-state index contributed by atoms with van der Waals surface area (Å²) < 4.78 is 32.2. The van der Waals surface area contributed by atoms with Crippen molar-refractivity contribution < 1.29 is 22.2 Å². The average molecular weight is 292 g/mol. The first-order chi connectivity index (χ1) is 8.56. The Balaban J connectivity index is 4.02. The maximum absolute atomic E-state index is 11.1. The zero-order valence-corrected chi connectivity index (χ0v) is 12.7. The number of nitrogens with zero attached hydrogens (tertiary/aromatic N) is 1. The van der Waals surface area contributed by atoms with Crippen LogP contribution in [0.2, 0.25) is 0 Å². The van der Waals surface area contributed by atoms with E-state index in [0.717, 1.165) is 13.0 Å². The highest BCUT2D eigenvalue weighted by molar-refractivity contribution is 7.85. The van der Waals surface area contributed by atoms with E-state index in [1.165, 1.54) is 6.08 Å². The average Bonchev–Trinajstić information content (AvgIpc) is 2.24. The van der Waals surface area contributed by atoms with Crippen LogP contribution in [0.4, 0.5) is 0 Å². The number of carbonyl (C=O) groups is 1. The predicted molar refractivity (Wildman–Crippen MR) is 73.4 cm³/mol. The monoisotopic (exact) mass is 292 g/mol. The summed E-state index contributed by atoms with van der Waals surface area (Å²) in [6, 6.07) is 0.0335. The summed E-state index contributed by atoms with van der Waals surface area (Å²) in [5.41, 5.74) is 0. The van der Waals surface area contributed by atoms with Gasteiger partial charge in [0.15, 0.2) is 0 Å². The van der Waals surface area contributed by atoms with Crippen LogP contribution in [0.3, 0.4) is 0 Å². The zero-order valence-electron chi connectivity index (χ0n) is 11.9. The zero-order chi connectivity index (χ0) is 15.1. The molecule has 0 aliphatic carbocycles. The van der Waals surface area contributed by atoms with Crippen LogP contribution in [-0.2, 0) is 14.9 Å². The number of nitrogens with one attached hydrogen (secondary N) is 1. The van der Waals surface area contributed by atoms with Gasteiger partial charge in [-0.25, -0.2) is 8.42 Å². The lowest BCUT2D eigenvalue weighted by molar-refractivity contribution is -0.890. The van der Waals surface area contributed by atoms with Crippen LogP contribution in [0, 0.1) is 0 Å². The SMILES string of the molecule is C=CC(=O)NC(C)CC[N+](C)(C)CCCS(=O)(=O)[O-]. The van der Waals surface area contributed by atoms with Crippen LogP contribution in [-0.4, -0.2) is 62.3 Å². The van der Waals surface area contributed by atoms with Crippen molar-refractivity contribution in [3.05, 3.63) is 12.7 Å². The van der Waals surface area contributed by atoms with Gasteiger partial charge in [0.2, 0.25) is 5.91 Å². The fraction of sp³-hybridized carbons (Fsp3) is 0.750. The third-order valence-electron chi connectivity index (χ3n) is 2.90. The van der Waals surface area contributed by atoms with Gasteiger partial charge in [-0.2, -0.15) is 0 Å². The van der Waals surface area contributed by atoms with Gasteiger partial charge in [-0.15, -0.1) is 0 Å². The quantitative estimate of drug-likeness (QED) is 0.370. The molecule has 0 fully saturated rings. The third-order valence-corrected chi connectivity index (χ3v) is 3.69. The summed E-state index contributed by atoms with van der Waals surface area (Å²) in [6.07, 6.45) is 2.36. The second-order valence-corrected chi connectivity index (χ2v) is 6.92. The molecule has 0 rings (SSSR count). The summed E-state index contributed by atoms with van der Waals surface area (Å²) in [5.74, 6) is -0.521. The molecule has 1 N–H and O–H groups in total. The predicted octanol–water partition coefficient (Wildman–Crippen LogP) is 0.0789. The highest BCUT2D eigenvalue weighted by atomic mass is 32.2. The molecule has 0 bridgehead atoms. The fourth-order valence-corrected chi connectivity index (χ4v) is 2.18. The Kier molecular flexibility index (Phi) is 7.25. The van der Waals surface area contributed by atoms with E-state index in [-0.39, 0.29) is 17.7 Å². The van der Waals surface area contributed by atoms with Gasteiger partial charge in [-0.3, -0.25) is 4.79 Å². The first-order valence-electron chi connectivity index (χ1n) is 6.24. The Morgan fingerprint density at radius 2 is 2.00 bits per heavy atom. The van der Waals surface area contributed by atoms with Gasteiger partial charge >= 0.3 is 0 Å². The first kappa shape index (κ1) is 18.1. The molecule has 7 heteroatoms. The lowest BCUT2D eigenvalue weighted by atomic mass is 10.2. The van der Waals surface area contributed by atoms with Crippen molar-refractivity contribution >= 4 is 16.0 Å². The molecule has 0 heterocycles. The van der Waals surface area contributed by atoms with Gasteiger partial charge in [0.05, 0.1) is 37.3 Å². The lowest BCUT2D eigenvalue weighted by Gasteiger charge is -2.31. The van der Waals surface area contributed by atoms with Crippen molar-refractivity contribution in [1.29, 1.82) is 0 Å². The Morgan fingerprint density at radius 1 is 1.42 bits per heavy atom. The van der Waals surface area contributed by atoms with E-state index in [9.17, 15) is 17.8 Å². The van der Waals surface area contributed by atoms with E-state index in [0.29, 0.717) is 17.4 Å². The second-order valence-electron chi connectivity index (χ2n) is 5.40. The summed E-state index contributed by atoms with van der Waals surface area (Å²) >= 11 is 0. The van der Waals surface area contributed by atoms with Gasteiger partial charge in [-0.1, -0.05) is 6.58 Å². The van der Waals surface area contributed by atoms with Gasteiger partial charge < -0.3 is 14.4 Å². The molecule has 1 amide bonds. The molecule has 0 aromatic rings. The maximum Gasteiger partial charge on any atom is 0.243 e. The molecule has 0 aliphatic heterocycles. The molecule has 0 saturated carbocycles. The van der Waals surface area contributed by atoms with Crippen LogP contribution in [0.5, 0.6) is 0 Å². The van der Waals surface area contributed by atoms with Crippen molar-refractivity contribution in [1.82, 2.24) is 5.32 Å². The number of carbonyl (C=O) groups excluding carboxylic acids is 1. The smallest absolute Gasteiger partial charge is 0.243 e. The van der Waals surface area contributed by atoms with Gasteiger partial charge in [0, 0.05) is 24.6 Å². The van der Waals surface area contributed by atoms with E-state index in [2.05, 4.69) is 11.9 Å². The molecule has 0 aliphatic rings. The number of rotatable bonds is 9. The maximum atomic E-state index is 11.1. The number of amides is 1. The van der Waals surface area contributed by atoms with E-state index in [1.54, 1.807) is 0 Å². The van der Waals surface area contributed by atoms with Crippen molar-refractivity contribution in [3.63, 3.8) is 0 Å². The molecule has 1 atom stereocenters. The number of hydrogen-bond acceptors (Lipinski definition) is 4. The van der Waals surface area contributed by atoms with Crippen molar-refractivity contribution in [3.8, 4) is 0 Å². The molecule has 19 heavy (non-hydrogen) atoms. The molecule has 0 aromatic carbocycles. The van der Waals surface area contributed by atoms with Crippen molar-refractivity contribution in [2.24, 2.45) is 0 Å². The van der Waals surface area contributed by atoms with Crippen molar-refractivity contribution in [2.75, 3.05) is 32.9 Å². The highest BCUT2D eigenvalue weighted by Gasteiger charge is 2.17. The lowest BCUT2D eigenvalue weighted by Crippen LogP contribution is -2.44. The number of quaternary nitrogens is 1. The molecular formula is C12H24N2O4S. The van der Waals surface area contributed by atoms with Crippen LogP contribution in [0.1, 0.15) is 19.8 Å².